The molecule has 0 aliphatic heterocycles. The Morgan fingerprint density at radius 2 is 2.07 bits per heavy atom. The number of pyridine rings is 1. The largest absolute Gasteiger partial charge is 0.383 e. The van der Waals surface area contributed by atoms with Gasteiger partial charge in [0.05, 0.1) is 21.9 Å². The molecule has 3 N–H and O–H groups in total. The lowest BCUT2D eigenvalue weighted by Crippen LogP contribution is -2.17. The number of nitrogens with one attached hydrogen (secondary N) is 1. The highest BCUT2D eigenvalue weighted by molar-refractivity contribution is 9.10. The zero-order chi connectivity index (χ0) is 19.7. The van der Waals surface area contributed by atoms with Gasteiger partial charge in [-0.1, -0.05) is 32.0 Å². The van der Waals surface area contributed by atoms with E-state index in [-0.39, 0.29) is 5.92 Å². The standard InChI is InChI=1S/C21H23BrN6/c1-3-24-9-8-13(2)19-18(22)20(23)28-21(27-19)16(12-26-28)15-10-14-6-4-5-7-17(14)25-11-15/h4-7,10-13,24H,3,8-9,23H2,1-2H3. The van der Waals surface area contributed by atoms with Crippen molar-refractivity contribution in [2.45, 2.75) is 26.2 Å². The number of rotatable bonds is 6. The number of anilines is 1. The van der Waals surface area contributed by atoms with Gasteiger partial charge in [-0.3, -0.25) is 4.98 Å². The fraction of sp³-hybridized carbons (Fsp3) is 0.286. The zero-order valence-electron chi connectivity index (χ0n) is 16.0. The summed E-state index contributed by atoms with van der Waals surface area (Å²) in [4.78, 5) is 9.53. The molecule has 0 saturated carbocycles. The Bertz CT molecular complexity index is 1140. The van der Waals surface area contributed by atoms with Crippen molar-refractivity contribution in [3.05, 3.63) is 52.9 Å². The van der Waals surface area contributed by atoms with Crippen molar-refractivity contribution in [1.82, 2.24) is 24.9 Å². The molecule has 4 rings (SSSR count). The molecule has 3 aromatic heterocycles. The third-order valence-corrected chi connectivity index (χ3v) is 5.83. The number of nitrogens with two attached hydrogens (primary N) is 1. The summed E-state index contributed by atoms with van der Waals surface area (Å²) in [6, 6.07) is 10.2. The van der Waals surface area contributed by atoms with Crippen molar-refractivity contribution >= 4 is 38.3 Å². The molecule has 0 saturated heterocycles. The van der Waals surface area contributed by atoms with Gasteiger partial charge in [-0.15, -0.1) is 0 Å². The first kappa shape index (κ1) is 18.8. The molecular weight excluding hydrogens is 416 g/mol. The molecule has 0 bridgehead atoms. The minimum atomic E-state index is 0.262. The Morgan fingerprint density at radius 3 is 2.89 bits per heavy atom. The van der Waals surface area contributed by atoms with Crippen LogP contribution >= 0.6 is 15.9 Å². The molecule has 4 aromatic rings. The predicted molar refractivity (Wildman–Crippen MR) is 117 cm³/mol. The number of benzene rings is 1. The number of hydrogen-bond donors (Lipinski definition) is 2. The molecule has 0 amide bonds. The highest BCUT2D eigenvalue weighted by atomic mass is 79.9. The summed E-state index contributed by atoms with van der Waals surface area (Å²) in [7, 11) is 0. The SMILES string of the molecule is CCNCCC(C)c1nc2c(-c3cnc4ccccc4c3)cnn2c(N)c1Br. The van der Waals surface area contributed by atoms with Crippen molar-refractivity contribution in [2.24, 2.45) is 0 Å². The van der Waals surface area contributed by atoms with Crippen molar-refractivity contribution in [3.63, 3.8) is 0 Å². The molecule has 1 unspecified atom stereocenters. The summed E-state index contributed by atoms with van der Waals surface area (Å²) in [5.74, 6) is 0.827. The summed E-state index contributed by atoms with van der Waals surface area (Å²) in [6.45, 7) is 6.19. The second-order valence-electron chi connectivity index (χ2n) is 6.95. The van der Waals surface area contributed by atoms with E-state index >= 15 is 0 Å². The summed E-state index contributed by atoms with van der Waals surface area (Å²) < 4.78 is 2.50. The minimum absolute atomic E-state index is 0.262. The van der Waals surface area contributed by atoms with Gasteiger partial charge in [-0.05, 0) is 47.6 Å². The Labute approximate surface area is 172 Å². The fourth-order valence-electron chi connectivity index (χ4n) is 3.39. The van der Waals surface area contributed by atoms with Crippen LogP contribution in [0.3, 0.4) is 0 Å². The van der Waals surface area contributed by atoms with Crippen molar-refractivity contribution in [1.29, 1.82) is 0 Å². The molecule has 1 aromatic carbocycles. The number of nitrogen functional groups attached to an aromatic ring is 1. The third-order valence-electron chi connectivity index (χ3n) is 5.02. The van der Waals surface area contributed by atoms with E-state index < -0.39 is 0 Å². The summed E-state index contributed by atoms with van der Waals surface area (Å²) in [5.41, 5.74) is 11.0. The van der Waals surface area contributed by atoms with Crippen LogP contribution in [-0.4, -0.2) is 32.7 Å². The summed E-state index contributed by atoms with van der Waals surface area (Å²) in [6.07, 6.45) is 4.66. The molecular formula is C21H23BrN6. The normalized spacial score (nSPS) is 12.7. The average Bonchev–Trinajstić information content (AvgIpc) is 3.14. The zero-order valence-corrected chi connectivity index (χ0v) is 17.6. The lowest BCUT2D eigenvalue weighted by Gasteiger charge is -2.15. The second kappa shape index (κ2) is 7.85. The van der Waals surface area contributed by atoms with Gasteiger partial charge in [0, 0.05) is 28.6 Å². The molecule has 3 heterocycles. The Kier molecular flexibility index (Phi) is 5.28. The van der Waals surface area contributed by atoms with Crippen LogP contribution in [0.1, 0.15) is 31.9 Å². The topological polar surface area (TPSA) is 81.1 Å². The van der Waals surface area contributed by atoms with E-state index in [9.17, 15) is 0 Å². The predicted octanol–water partition coefficient (Wildman–Crippen LogP) is 4.39. The van der Waals surface area contributed by atoms with E-state index in [1.54, 1.807) is 4.52 Å². The van der Waals surface area contributed by atoms with Gasteiger partial charge in [0.1, 0.15) is 5.82 Å². The van der Waals surface area contributed by atoms with E-state index in [1.165, 1.54) is 0 Å². The summed E-state index contributed by atoms with van der Waals surface area (Å²) in [5, 5.41) is 8.93. The van der Waals surface area contributed by atoms with Crippen molar-refractivity contribution in [2.75, 3.05) is 18.8 Å². The van der Waals surface area contributed by atoms with Crippen LogP contribution in [0, 0.1) is 0 Å². The van der Waals surface area contributed by atoms with Crippen LogP contribution in [0.15, 0.2) is 47.2 Å². The lowest BCUT2D eigenvalue weighted by atomic mass is 10.0. The van der Waals surface area contributed by atoms with Gasteiger partial charge in [0.2, 0.25) is 0 Å². The van der Waals surface area contributed by atoms with Gasteiger partial charge in [-0.2, -0.15) is 9.61 Å². The maximum Gasteiger partial charge on any atom is 0.165 e. The quantitative estimate of drug-likeness (QED) is 0.436. The molecule has 28 heavy (non-hydrogen) atoms. The van der Waals surface area contributed by atoms with Gasteiger partial charge in [0.15, 0.2) is 5.65 Å². The van der Waals surface area contributed by atoms with E-state index in [0.717, 1.165) is 57.4 Å². The first-order chi connectivity index (χ1) is 13.6. The van der Waals surface area contributed by atoms with Crippen molar-refractivity contribution < 1.29 is 0 Å². The van der Waals surface area contributed by atoms with E-state index in [4.69, 9.17) is 10.7 Å². The van der Waals surface area contributed by atoms with Crippen LogP contribution in [0.2, 0.25) is 0 Å². The fourth-order valence-corrected chi connectivity index (χ4v) is 4.04. The van der Waals surface area contributed by atoms with E-state index in [2.05, 4.69) is 57.3 Å². The monoisotopic (exact) mass is 438 g/mol. The van der Waals surface area contributed by atoms with Crippen LogP contribution in [0.25, 0.3) is 27.7 Å². The minimum Gasteiger partial charge on any atom is -0.383 e. The molecule has 0 aliphatic rings. The molecule has 0 aliphatic carbocycles. The smallest absolute Gasteiger partial charge is 0.165 e. The highest BCUT2D eigenvalue weighted by Crippen LogP contribution is 2.34. The first-order valence-electron chi connectivity index (χ1n) is 9.48. The Balaban J connectivity index is 1.81. The number of hydrogen-bond acceptors (Lipinski definition) is 5. The molecule has 144 valence electrons. The third kappa shape index (κ3) is 3.36. The number of nitrogens with zero attached hydrogens (tertiary/aromatic N) is 4. The first-order valence-corrected chi connectivity index (χ1v) is 10.3. The second-order valence-corrected chi connectivity index (χ2v) is 7.74. The molecule has 0 fully saturated rings. The Morgan fingerprint density at radius 1 is 1.25 bits per heavy atom. The van der Waals surface area contributed by atoms with Crippen molar-refractivity contribution in [3.8, 4) is 11.1 Å². The van der Waals surface area contributed by atoms with Crippen LogP contribution < -0.4 is 11.1 Å². The number of aromatic nitrogens is 4. The molecule has 6 nitrogen and oxygen atoms in total. The molecule has 0 radical (unpaired) electrons. The summed E-state index contributed by atoms with van der Waals surface area (Å²) >= 11 is 3.63. The van der Waals surface area contributed by atoms with Crippen LogP contribution in [-0.2, 0) is 0 Å². The number of halogens is 1. The molecule has 0 spiro atoms. The average molecular weight is 439 g/mol. The lowest BCUT2D eigenvalue weighted by molar-refractivity contribution is 0.597. The van der Waals surface area contributed by atoms with Crippen LogP contribution in [0.5, 0.6) is 0 Å². The number of para-hydroxylation sites is 1. The highest BCUT2D eigenvalue weighted by Gasteiger charge is 2.20. The van der Waals surface area contributed by atoms with Gasteiger partial charge in [0.25, 0.3) is 0 Å². The van der Waals surface area contributed by atoms with Gasteiger partial charge >= 0.3 is 0 Å². The van der Waals surface area contributed by atoms with E-state index in [1.807, 2.05) is 30.6 Å². The maximum absolute atomic E-state index is 6.38. The maximum atomic E-state index is 6.38. The van der Waals surface area contributed by atoms with Gasteiger partial charge < -0.3 is 11.1 Å². The Hall–Kier alpha value is -2.51. The molecule has 1 atom stereocenters. The van der Waals surface area contributed by atoms with E-state index in [0.29, 0.717) is 5.82 Å². The number of fused-ring (bicyclic) bond motifs is 2. The van der Waals surface area contributed by atoms with Crippen LogP contribution in [0.4, 0.5) is 5.82 Å². The molecule has 7 heteroatoms. The van der Waals surface area contributed by atoms with Gasteiger partial charge in [-0.25, -0.2) is 4.98 Å².